The van der Waals surface area contributed by atoms with Crippen LogP contribution in [0.3, 0.4) is 0 Å². The molecule has 254 valence electrons. The molecule has 0 heterocycles. The molecule has 50 heavy (non-hydrogen) atoms. The maximum absolute atomic E-state index is 6.78. The standard InChI is InChI=1S/C42H40O6P2/c1-29-17-7-11-25-37(29)43-49(44-38-26-12-8-18-30(38)2)47-41-33(5)21-15-23-35(41)36-24-16-22-34(6)42(36)48-50(45-39-27-13-9-19-31(39)3)46-40-28-14-10-20-32(40)4/h7-28H,1-6H3. The minimum atomic E-state index is -1.94. The molecule has 0 radical (unpaired) electrons. The summed E-state index contributed by atoms with van der Waals surface area (Å²) in [5, 5.41) is 0. The molecule has 6 aromatic carbocycles. The third kappa shape index (κ3) is 8.40. The van der Waals surface area contributed by atoms with Crippen LogP contribution in [0.5, 0.6) is 34.5 Å². The lowest BCUT2D eigenvalue weighted by Gasteiger charge is -2.24. The van der Waals surface area contributed by atoms with Crippen molar-refractivity contribution in [2.24, 2.45) is 0 Å². The Hall–Kier alpha value is -5.02. The van der Waals surface area contributed by atoms with E-state index in [9.17, 15) is 0 Å². The first kappa shape index (κ1) is 34.8. The van der Waals surface area contributed by atoms with Crippen molar-refractivity contribution in [1.29, 1.82) is 0 Å². The number of benzene rings is 6. The second-order valence-corrected chi connectivity index (χ2v) is 13.9. The summed E-state index contributed by atoms with van der Waals surface area (Å²) in [6.07, 6.45) is 0. The molecule has 0 spiro atoms. The minimum absolute atomic E-state index is 0.625. The molecule has 0 saturated carbocycles. The third-order valence-electron chi connectivity index (χ3n) is 8.11. The van der Waals surface area contributed by atoms with Gasteiger partial charge in [0, 0.05) is 11.1 Å². The molecule has 0 aliphatic rings. The molecule has 0 aromatic heterocycles. The van der Waals surface area contributed by atoms with Gasteiger partial charge in [0.1, 0.15) is 34.5 Å². The Kier molecular flexibility index (Phi) is 11.2. The van der Waals surface area contributed by atoms with Gasteiger partial charge in [-0.2, -0.15) is 0 Å². The molecule has 0 aliphatic heterocycles. The van der Waals surface area contributed by atoms with Crippen molar-refractivity contribution >= 4 is 17.2 Å². The van der Waals surface area contributed by atoms with Gasteiger partial charge in [0.2, 0.25) is 0 Å². The summed E-state index contributed by atoms with van der Waals surface area (Å²) in [7, 11) is -3.88. The molecule has 0 N–H and O–H groups in total. The van der Waals surface area contributed by atoms with Gasteiger partial charge in [-0.1, -0.05) is 109 Å². The monoisotopic (exact) mass is 702 g/mol. The van der Waals surface area contributed by atoms with Gasteiger partial charge in [-0.25, -0.2) is 0 Å². The number of hydrogen-bond donors (Lipinski definition) is 0. The van der Waals surface area contributed by atoms with Crippen LogP contribution in [-0.4, -0.2) is 0 Å². The van der Waals surface area contributed by atoms with Crippen molar-refractivity contribution in [3.8, 4) is 45.6 Å². The van der Waals surface area contributed by atoms with Crippen molar-refractivity contribution in [2.45, 2.75) is 41.5 Å². The molecule has 0 amide bonds. The Morgan fingerprint density at radius 2 is 0.540 bits per heavy atom. The van der Waals surface area contributed by atoms with Gasteiger partial charge in [-0.15, -0.1) is 0 Å². The fourth-order valence-corrected chi connectivity index (χ4v) is 7.66. The van der Waals surface area contributed by atoms with Gasteiger partial charge in [0.15, 0.2) is 0 Å². The summed E-state index contributed by atoms with van der Waals surface area (Å²) in [4.78, 5) is 0. The quantitative estimate of drug-likeness (QED) is 0.112. The van der Waals surface area contributed by atoms with Gasteiger partial charge >= 0.3 is 17.2 Å². The van der Waals surface area contributed by atoms with Crippen molar-refractivity contribution in [3.05, 3.63) is 167 Å². The van der Waals surface area contributed by atoms with Crippen LogP contribution >= 0.6 is 17.2 Å². The van der Waals surface area contributed by atoms with Gasteiger partial charge in [-0.3, -0.25) is 0 Å². The summed E-state index contributed by atoms with van der Waals surface area (Å²) < 4.78 is 39.5. The maximum atomic E-state index is 6.78. The second kappa shape index (κ2) is 16.1. The zero-order valence-electron chi connectivity index (χ0n) is 29.0. The van der Waals surface area contributed by atoms with Crippen LogP contribution in [0.1, 0.15) is 33.4 Å². The number of rotatable bonds is 13. The van der Waals surface area contributed by atoms with Crippen LogP contribution in [0.25, 0.3) is 11.1 Å². The zero-order chi connectivity index (χ0) is 35.0. The van der Waals surface area contributed by atoms with E-state index in [2.05, 4.69) is 0 Å². The molecule has 0 aliphatic carbocycles. The van der Waals surface area contributed by atoms with Crippen LogP contribution in [0.4, 0.5) is 0 Å². The molecule has 0 unspecified atom stereocenters. The highest BCUT2D eigenvalue weighted by molar-refractivity contribution is 7.43. The normalized spacial score (nSPS) is 11.0. The van der Waals surface area contributed by atoms with Gasteiger partial charge in [0.05, 0.1) is 0 Å². The van der Waals surface area contributed by atoms with E-state index >= 15 is 0 Å². The Morgan fingerprint density at radius 3 is 0.820 bits per heavy atom. The molecule has 0 saturated heterocycles. The van der Waals surface area contributed by atoms with Gasteiger partial charge in [0.25, 0.3) is 0 Å². The van der Waals surface area contributed by atoms with E-state index < -0.39 is 17.2 Å². The molecule has 0 atom stereocenters. The minimum Gasteiger partial charge on any atom is -0.408 e. The van der Waals surface area contributed by atoms with E-state index in [1.807, 2.05) is 175 Å². The Morgan fingerprint density at radius 1 is 0.280 bits per heavy atom. The van der Waals surface area contributed by atoms with Crippen LogP contribution in [0, 0.1) is 41.5 Å². The highest BCUT2D eigenvalue weighted by Gasteiger charge is 2.28. The van der Waals surface area contributed by atoms with E-state index in [0.717, 1.165) is 44.5 Å². The lowest BCUT2D eigenvalue weighted by Crippen LogP contribution is -2.07. The SMILES string of the molecule is Cc1ccccc1OP(Oc1ccccc1C)Oc1c(C)cccc1-c1cccc(C)c1OP(Oc1ccccc1C)Oc1ccccc1C. The largest absolute Gasteiger partial charge is 0.530 e. The predicted octanol–water partition coefficient (Wildman–Crippen LogP) is 12.7. The van der Waals surface area contributed by atoms with Crippen LogP contribution in [-0.2, 0) is 0 Å². The van der Waals surface area contributed by atoms with E-state index in [1.165, 1.54) is 0 Å². The fourth-order valence-electron chi connectivity index (χ4n) is 5.19. The molecular formula is C42H40O6P2. The maximum Gasteiger partial charge on any atom is 0.530 e. The first-order chi connectivity index (χ1) is 24.3. The number of para-hydroxylation sites is 6. The third-order valence-corrected chi connectivity index (χ3v) is 10.2. The molecule has 8 heteroatoms. The van der Waals surface area contributed by atoms with E-state index in [0.29, 0.717) is 34.5 Å². The number of hydrogen-bond acceptors (Lipinski definition) is 6. The smallest absolute Gasteiger partial charge is 0.408 e. The zero-order valence-corrected chi connectivity index (χ0v) is 30.8. The average Bonchev–Trinajstić information content (AvgIpc) is 3.10. The average molecular weight is 703 g/mol. The molecule has 0 bridgehead atoms. The van der Waals surface area contributed by atoms with Crippen LogP contribution in [0.2, 0.25) is 0 Å². The summed E-state index contributed by atoms with van der Waals surface area (Å²) in [6, 6.07) is 43.5. The predicted molar refractivity (Wildman–Crippen MR) is 204 cm³/mol. The molecule has 6 aromatic rings. The Balaban J connectivity index is 1.39. The molecule has 0 fully saturated rings. The molecule has 6 rings (SSSR count). The number of aryl methyl sites for hydroxylation is 6. The van der Waals surface area contributed by atoms with Crippen molar-refractivity contribution in [2.75, 3.05) is 0 Å². The van der Waals surface area contributed by atoms with Gasteiger partial charge in [-0.05, 0) is 99.2 Å². The highest BCUT2D eigenvalue weighted by Crippen LogP contribution is 2.51. The van der Waals surface area contributed by atoms with Crippen LogP contribution in [0.15, 0.2) is 133 Å². The molecular weight excluding hydrogens is 662 g/mol. The topological polar surface area (TPSA) is 55.4 Å². The first-order valence-electron chi connectivity index (χ1n) is 16.4. The molecule has 6 nitrogen and oxygen atoms in total. The van der Waals surface area contributed by atoms with E-state index in [-0.39, 0.29) is 0 Å². The van der Waals surface area contributed by atoms with E-state index in [4.69, 9.17) is 27.1 Å². The Labute approximate surface area is 297 Å². The summed E-state index contributed by atoms with van der Waals surface area (Å²) in [5.74, 6) is 4.01. The first-order valence-corrected chi connectivity index (χ1v) is 18.6. The van der Waals surface area contributed by atoms with Gasteiger partial charge < -0.3 is 27.1 Å². The summed E-state index contributed by atoms with van der Waals surface area (Å²) in [6.45, 7) is 12.0. The summed E-state index contributed by atoms with van der Waals surface area (Å²) >= 11 is 0. The summed E-state index contributed by atoms with van der Waals surface area (Å²) in [5.41, 5.74) is 7.38. The second-order valence-electron chi connectivity index (χ2n) is 12.0. The van der Waals surface area contributed by atoms with Crippen molar-refractivity contribution in [1.82, 2.24) is 0 Å². The highest BCUT2D eigenvalue weighted by atomic mass is 31.2. The lowest BCUT2D eigenvalue weighted by molar-refractivity contribution is 0.382. The Bertz CT molecular complexity index is 1840. The van der Waals surface area contributed by atoms with Crippen LogP contribution < -0.4 is 27.1 Å². The van der Waals surface area contributed by atoms with E-state index in [1.54, 1.807) is 0 Å². The fraction of sp³-hybridized carbons (Fsp3) is 0.143. The lowest BCUT2D eigenvalue weighted by atomic mass is 9.99. The van der Waals surface area contributed by atoms with Crippen molar-refractivity contribution in [3.63, 3.8) is 0 Å². The van der Waals surface area contributed by atoms with Crippen molar-refractivity contribution < 1.29 is 27.1 Å².